The molecule has 0 aromatic heterocycles. The van der Waals surface area contributed by atoms with E-state index >= 15 is 0 Å². The molecule has 5 aliphatic heterocycles. The van der Waals surface area contributed by atoms with Crippen LogP contribution in [0.2, 0.25) is 0 Å². The summed E-state index contributed by atoms with van der Waals surface area (Å²) in [5, 5.41) is 78.0. The standard InChI is InChI=1S/C45H78O19/c1-8-10-16-19-27-20-17-14-12-11-13-15-18-21-28(46)60-37-31(49)25(6)57-45(63-38-33(51)30(48)24(5)56-43(38)59-27)40(37)64-44-39(61-41(54)22(3)9-2)35(53)36(26(7)58-44)62-42-34(52)32(50)29(47)23(4)55-42/h22-27,29-40,42-45,47-53H,8-21H2,1-7H3/t22-,23+,24-,25+,26+,27-,29+,30-,31-,32-,33+,34+,35-,36+,37+,38-,39+,40+,42-,43+,44-,45-/m1/s1. The molecule has 64 heavy (non-hydrogen) atoms. The van der Waals surface area contributed by atoms with Gasteiger partial charge in [-0.3, -0.25) is 9.59 Å². The molecule has 372 valence electrons. The maximum atomic E-state index is 13.6. The number of hydrogen-bond acceptors (Lipinski definition) is 19. The molecule has 5 heterocycles. The summed E-state index contributed by atoms with van der Waals surface area (Å²) in [7, 11) is 0. The first-order valence-corrected chi connectivity index (χ1v) is 23.9. The Bertz CT molecular complexity index is 1410. The second-order valence-electron chi connectivity index (χ2n) is 18.5. The van der Waals surface area contributed by atoms with Crippen LogP contribution in [0.3, 0.4) is 0 Å². The SMILES string of the molecule is CCCCC[C@@H]1CCCCCCCCCC(=O)O[C@H]2[C@H](O)[C@H](C)O[C@H](O[C@H]3[C@H](O1)O[C@H](C)[C@@H](O)[C@@H]3O)[C@H]2O[C@H]1O[C@@H](C)[C@H](O[C@H]2O[C@@H](C)[C@H](O)[C@@H](O)[C@@H]2O)[C@@H](O)[C@@H]1OC(=O)[C@H](C)CC. The molecule has 0 spiro atoms. The molecule has 19 heteroatoms. The molecule has 5 saturated heterocycles. The normalized spacial score (nSPS) is 45.2. The lowest BCUT2D eigenvalue weighted by Crippen LogP contribution is -2.67. The number of rotatable bonds is 11. The molecule has 5 rings (SSSR count). The van der Waals surface area contributed by atoms with Crippen LogP contribution in [0.5, 0.6) is 0 Å². The van der Waals surface area contributed by atoms with Crippen LogP contribution in [0, 0.1) is 5.92 Å². The maximum Gasteiger partial charge on any atom is 0.309 e. The van der Waals surface area contributed by atoms with E-state index in [1.807, 2.05) is 0 Å². The highest BCUT2D eigenvalue weighted by atomic mass is 16.8. The smallest absolute Gasteiger partial charge is 0.309 e. The molecule has 0 radical (unpaired) electrons. The van der Waals surface area contributed by atoms with Gasteiger partial charge >= 0.3 is 11.9 Å². The van der Waals surface area contributed by atoms with Crippen molar-refractivity contribution >= 4 is 11.9 Å². The zero-order chi connectivity index (χ0) is 46.8. The van der Waals surface area contributed by atoms with E-state index in [1.165, 1.54) is 20.8 Å². The topological polar surface area (TPSA) is 268 Å². The predicted octanol–water partition coefficient (Wildman–Crippen LogP) is 2.01. The quantitative estimate of drug-likeness (QED) is 0.115. The van der Waals surface area contributed by atoms with Crippen molar-refractivity contribution in [1.82, 2.24) is 0 Å². The van der Waals surface area contributed by atoms with E-state index in [0.29, 0.717) is 12.8 Å². The third kappa shape index (κ3) is 13.5. The number of fused-ring (bicyclic) bond motifs is 3. The van der Waals surface area contributed by atoms with Crippen LogP contribution in [0.4, 0.5) is 0 Å². The van der Waals surface area contributed by atoms with Gasteiger partial charge < -0.3 is 83.1 Å². The van der Waals surface area contributed by atoms with Crippen LogP contribution >= 0.6 is 0 Å². The van der Waals surface area contributed by atoms with Gasteiger partial charge in [0, 0.05) is 6.42 Å². The van der Waals surface area contributed by atoms with Crippen LogP contribution in [0.25, 0.3) is 0 Å². The Labute approximate surface area is 377 Å². The van der Waals surface area contributed by atoms with E-state index in [0.717, 1.165) is 70.6 Å². The van der Waals surface area contributed by atoms with E-state index in [4.69, 9.17) is 47.4 Å². The summed E-state index contributed by atoms with van der Waals surface area (Å²) in [6.07, 6.45) is -17.9. The van der Waals surface area contributed by atoms with Gasteiger partial charge in [-0.1, -0.05) is 78.6 Å². The third-order valence-electron chi connectivity index (χ3n) is 13.4. The molecule has 7 N–H and O–H groups in total. The molecule has 19 nitrogen and oxygen atoms in total. The van der Waals surface area contributed by atoms with Crippen LogP contribution in [0.1, 0.15) is 138 Å². The molecule has 22 atom stereocenters. The van der Waals surface area contributed by atoms with E-state index in [9.17, 15) is 45.3 Å². The van der Waals surface area contributed by atoms with E-state index in [1.54, 1.807) is 20.8 Å². The van der Waals surface area contributed by atoms with Crippen molar-refractivity contribution in [2.75, 3.05) is 0 Å². The second-order valence-corrected chi connectivity index (χ2v) is 18.5. The highest BCUT2D eigenvalue weighted by Gasteiger charge is 2.57. The zero-order valence-corrected chi connectivity index (χ0v) is 38.6. The van der Waals surface area contributed by atoms with E-state index in [-0.39, 0.29) is 12.5 Å². The molecule has 0 unspecified atom stereocenters. The number of unbranched alkanes of at least 4 members (excludes halogenated alkanes) is 2. The lowest BCUT2D eigenvalue weighted by molar-refractivity contribution is -0.397. The molecular formula is C45H78O19. The number of carbonyl (C=O) groups excluding carboxylic acids is 2. The molecule has 2 bridgehead atoms. The molecule has 5 fully saturated rings. The predicted molar refractivity (Wildman–Crippen MR) is 224 cm³/mol. The minimum absolute atomic E-state index is 0.0363. The Hall–Kier alpha value is -1.66. The number of esters is 2. The van der Waals surface area contributed by atoms with Crippen LogP contribution in [0.15, 0.2) is 0 Å². The number of ether oxygens (including phenoxy) is 10. The molecule has 0 amide bonds. The Kier molecular flexibility index (Phi) is 20.9. The molecule has 0 aromatic rings. The monoisotopic (exact) mass is 923 g/mol. The van der Waals surface area contributed by atoms with Gasteiger partial charge in [-0.2, -0.15) is 0 Å². The average Bonchev–Trinajstić information content (AvgIpc) is 3.26. The molecule has 0 aliphatic carbocycles. The van der Waals surface area contributed by atoms with Crippen molar-refractivity contribution in [3.8, 4) is 0 Å². The number of hydrogen-bond donors (Lipinski definition) is 7. The number of aliphatic hydroxyl groups is 7. The van der Waals surface area contributed by atoms with Crippen molar-refractivity contribution in [1.29, 1.82) is 0 Å². The summed E-state index contributed by atoms with van der Waals surface area (Å²) in [6, 6.07) is 0. The van der Waals surface area contributed by atoms with Gasteiger partial charge in [-0.25, -0.2) is 0 Å². The Morgan fingerprint density at radius 2 is 1.19 bits per heavy atom. The zero-order valence-electron chi connectivity index (χ0n) is 38.6. The summed E-state index contributed by atoms with van der Waals surface area (Å²) < 4.78 is 62.0. The fraction of sp³-hybridized carbons (Fsp3) is 0.956. The van der Waals surface area contributed by atoms with Gasteiger partial charge in [0.15, 0.2) is 43.5 Å². The highest BCUT2D eigenvalue weighted by molar-refractivity contribution is 5.72. The van der Waals surface area contributed by atoms with Crippen molar-refractivity contribution in [3.05, 3.63) is 0 Å². The maximum absolute atomic E-state index is 13.6. The van der Waals surface area contributed by atoms with E-state index < -0.39 is 141 Å². The largest absolute Gasteiger partial charge is 0.456 e. The first kappa shape index (κ1) is 53.3. The van der Waals surface area contributed by atoms with Crippen molar-refractivity contribution in [3.63, 3.8) is 0 Å². The van der Waals surface area contributed by atoms with Crippen LogP contribution in [-0.2, 0) is 57.0 Å². The number of carbonyl (C=O) groups is 2. The summed E-state index contributed by atoms with van der Waals surface area (Å²) >= 11 is 0. The van der Waals surface area contributed by atoms with Crippen LogP contribution < -0.4 is 0 Å². The summed E-state index contributed by atoms with van der Waals surface area (Å²) in [4.78, 5) is 27.0. The highest BCUT2D eigenvalue weighted by Crippen LogP contribution is 2.37. The van der Waals surface area contributed by atoms with Gasteiger partial charge in [0.2, 0.25) is 0 Å². The summed E-state index contributed by atoms with van der Waals surface area (Å²) in [5.41, 5.74) is 0. The third-order valence-corrected chi connectivity index (χ3v) is 13.4. The van der Waals surface area contributed by atoms with Crippen molar-refractivity contribution in [2.45, 2.75) is 267 Å². The minimum Gasteiger partial charge on any atom is -0.456 e. The molecular weight excluding hydrogens is 844 g/mol. The average molecular weight is 923 g/mol. The first-order chi connectivity index (χ1) is 30.5. The van der Waals surface area contributed by atoms with E-state index in [2.05, 4.69) is 6.92 Å². The van der Waals surface area contributed by atoms with Gasteiger partial charge in [0.25, 0.3) is 0 Å². The first-order valence-electron chi connectivity index (χ1n) is 23.9. The van der Waals surface area contributed by atoms with Crippen molar-refractivity contribution in [2.24, 2.45) is 5.92 Å². The lowest BCUT2D eigenvalue weighted by Gasteiger charge is -2.50. The second kappa shape index (κ2) is 25.1. The van der Waals surface area contributed by atoms with Gasteiger partial charge in [-0.05, 0) is 53.4 Å². The van der Waals surface area contributed by atoms with Gasteiger partial charge in [-0.15, -0.1) is 0 Å². The molecule has 0 aromatic carbocycles. The Morgan fingerprint density at radius 1 is 0.594 bits per heavy atom. The summed E-state index contributed by atoms with van der Waals surface area (Å²) in [5.74, 6) is -2.01. The van der Waals surface area contributed by atoms with Crippen molar-refractivity contribution < 1.29 is 92.7 Å². The lowest BCUT2D eigenvalue weighted by atomic mass is 9.96. The van der Waals surface area contributed by atoms with Gasteiger partial charge in [0.1, 0.15) is 54.9 Å². The fourth-order valence-electron chi connectivity index (χ4n) is 8.88. The Balaban J connectivity index is 1.51. The Morgan fingerprint density at radius 3 is 1.88 bits per heavy atom. The fourth-order valence-corrected chi connectivity index (χ4v) is 8.88. The number of aliphatic hydroxyl groups excluding tert-OH is 7. The van der Waals surface area contributed by atoms with Crippen LogP contribution in [-0.4, -0.2) is 177 Å². The molecule has 0 saturated carbocycles. The summed E-state index contributed by atoms with van der Waals surface area (Å²) in [6.45, 7) is 11.6. The van der Waals surface area contributed by atoms with Gasteiger partial charge in [0.05, 0.1) is 36.4 Å². The molecule has 5 aliphatic rings. The minimum atomic E-state index is -1.75.